The number of hydrogen-bond donors (Lipinski definition) is 2. The van der Waals surface area contributed by atoms with Crippen molar-refractivity contribution in [1.82, 2.24) is 0 Å². The third kappa shape index (κ3) is 3.74. The van der Waals surface area contributed by atoms with Crippen LogP contribution >= 0.6 is 22.9 Å². The van der Waals surface area contributed by atoms with Crippen LogP contribution in [0.1, 0.15) is 35.4 Å². The Morgan fingerprint density at radius 3 is 2.64 bits per heavy atom. The molecule has 0 amide bonds. The number of rotatable bonds is 2. The molecule has 0 unspecified atom stereocenters. The molecular formula is C21H21ClN4OS. The van der Waals surface area contributed by atoms with Gasteiger partial charge in [0.2, 0.25) is 0 Å². The largest absolute Gasteiger partial charge is 0.372 e. The van der Waals surface area contributed by atoms with E-state index in [-0.39, 0.29) is 17.7 Å². The summed E-state index contributed by atoms with van der Waals surface area (Å²) in [7, 11) is 1.61. The fourth-order valence-electron chi connectivity index (χ4n) is 3.02. The monoisotopic (exact) mass is 412 g/mol. The first-order valence-electron chi connectivity index (χ1n) is 8.74. The summed E-state index contributed by atoms with van der Waals surface area (Å²) >= 11 is 7.55. The molecule has 0 aliphatic carbocycles. The van der Waals surface area contributed by atoms with Gasteiger partial charge in [-0.25, -0.2) is 0 Å². The molecule has 0 bridgehead atoms. The fourth-order valence-corrected chi connectivity index (χ4v) is 4.39. The van der Waals surface area contributed by atoms with Gasteiger partial charge in [-0.15, -0.1) is 11.3 Å². The Bertz CT molecular complexity index is 1030. The van der Waals surface area contributed by atoms with Gasteiger partial charge in [-0.05, 0) is 38.5 Å². The lowest BCUT2D eigenvalue weighted by atomic mass is 9.99. The summed E-state index contributed by atoms with van der Waals surface area (Å²) in [4.78, 5) is 7.39. The van der Waals surface area contributed by atoms with Crippen molar-refractivity contribution in [3.63, 3.8) is 0 Å². The van der Waals surface area contributed by atoms with Crippen molar-refractivity contribution in [2.24, 2.45) is 4.99 Å². The van der Waals surface area contributed by atoms with Crippen LogP contribution in [0.2, 0.25) is 5.02 Å². The van der Waals surface area contributed by atoms with E-state index < -0.39 is 0 Å². The lowest BCUT2D eigenvalue weighted by molar-refractivity contribution is 0.240. The Balaban J connectivity index is 2.28. The number of methoxy groups -OCH3 is 1. The standard InChI is InChI=1S/C21H21ClN4OS/c1-12-17(6-5-11-27-4)28-21-18(12)19(15-7-9-16(22)10-8-15)25-13(2)20(24)26(21)14(3)23/h7-10,13,23-24H,11H2,1-4H3/t13-/m0/s1. The zero-order valence-electron chi connectivity index (χ0n) is 16.2. The van der Waals surface area contributed by atoms with Gasteiger partial charge in [0, 0.05) is 23.3 Å². The first-order valence-corrected chi connectivity index (χ1v) is 9.93. The van der Waals surface area contributed by atoms with Crippen LogP contribution in [-0.4, -0.2) is 37.1 Å². The maximum Gasteiger partial charge on any atom is 0.132 e. The van der Waals surface area contributed by atoms with Gasteiger partial charge in [0.1, 0.15) is 29.3 Å². The molecule has 2 heterocycles. The van der Waals surface area contributed by atoms with Gasteiger partial charge in [0.15, 0.2) is 0 Å². The van der Waals surface area contributed by atoms with Gasteiger partial charge in [0.25, 0.3) is 0 Å². The van der Waals surface area contributed by atoms with E-state index in [4.69, 9.17) is 32.1 Å². The van der Waals surface area contributed by atoms with Gasteiger partial charge in [-0.2, -0.15) is 0 Å². The van der Waals surface area contributed by atoms with Crippen LogP contribution in [0.5, 0.6) is 0 Å². The van der Waals surface area contributed by atoms with Gasteiger partial charge >= 0.3 is 0 Å². The van der Waals surface area contributed by atoms with Crippen LogP contribution in [0.15, 0.2) is 29.3 Å². The number of fused-ring (bicyclic) bond motifs is 1. The molecule has 5 nitrogen and oxygen atoms in total. The van der Waals surface area contributed by atoms with Crippen LogP contribution < -0.4 is 4.90 Å². The van der Waals surface area contributed by atoms with E-state index >= 15 is 0 Å². The number of aliphatic imine (C=N–C) groups is 1. The van der Waals surface area contributed by atoms with Crippen molar-refractivity contribution < 1.29 is 4.74 Å². The molecule has 1 aliphatic rings. The molecule has 2 N–H and O–H groups in total. The minimum atomic E-state index is -0.381. The van der Waals surface area contributed by atoms with E-state index in [1.165, 1.54) is 11.3 Å². The van der Waals surface area contributed by atoms with Crippen LogP contribution in [0.25, 0.3) is 0 Å². The highest BCUT2D eigenvalue weighted by Gasteiger charge is 2.32. The highest BCUT2D eigenvalue weighted by atomic mass is 35.5. The van der Waals surface area contributed by atoms with Gasteiger partial charge < -0.3 is 4.74 Å². The summed E-state index contributed by atoms with van der Waals surface area (Å²) in [6.07, 6.45) is 0. The Hall–Kier alpha value is -2.46. The van der Waals surface area contributed by atoms with Crippen LogP contribution in [0.4, 0.5) is 5.00 Å². The number of amidine groups is 2. The molecule has 0 radical (unpaired) electrons. The minimum absolute atomic E-state index is 0.273. The first-order chi connectivity index (χ1) is 13.3. The average Bonchev–Trinajstić information content (AvgIpc) is 2.90. The molecule has 1 aromatic carbocycles. The molecule has 0 saturated heterocycles. The lowest BCUT2D eigenvalue weighted by Gasteiger charge is -2.23. The molecule has 2 aromatic rings. The Labute approximate surface area is 174 Å². The number of nitrogens with one attached hydrogen (secondary N) is 2. The van der Waals surface area contributed by atoms with E-state index in [2.05, 4.69) is 11.8 Å². The summed E-state index contributed by atoms with van der Waals surface area (Å²) in [5, 5.41) is 18.3. The minimum Gasteiger partial charge on any atom is -0.372 e. The summed E-state index contributed by atoms with van der Waals surface area (Å²) < 4.78 is 5.03. The zero-order chi connectivity index (χ0) is 20.4. The van der Waals surface area contributed by atoms with E-state index in [1.807, 2.05) is 38.1 Å². The van der Waals surface area contributed by atoms with Gasteiger partial charge in [-0.3, -0.25) is 20.7 Å². The second-order valence-corrected chi connectivity index (χ2v) is 7.87. The number of anilines is 1. The lowest BCUT2D eigenvalue weighted by Crippen LogP contribution is -2.38. The predicted octanol–water partition coefficient (Wildman–Crippen LogP) is 4.73. The molecule has 1 atom stereocenters. The average molecular weight is 413 g/mol. The molecule has 1 aromatic heterocycles. The number of hydrogen-bond acceptors (Lipinski definition) is 5. The van der Waals surface area contributed by atoms with Gasteiger partial charge in [0.05, 0.1) is 10.6 Å². The van der Waals surface area contributed by atoms with E-state index in [1.54, 1.807) is 18.9 Å². The zero-order valence-corrected chi connectivity index (χ0v) is 17.8. The maximum atomic E-state index is 8.59. The molecular weight excluding hydrogens is 392 g/mol. The first kappa shape index (κ1) is 20.3. The van der Waals surface area contributed by atoms with E-state index in [0.717, 1.165) is 32.3 Å². The molecule has 144 valence electrons. The molecule has 7 heteroatoms. The highest BCUT2D eigenvalue weighted by Crippen LogP contribution is 2.40. The van der Waals surface area contributed by atoms with Crippen molar-refractivity contribution in [2.75, 3.05) is 18.6 Å². The van der Waals surface area contributed by atoms with Crippen molar-refractivity contribution >= 4 is 45.3 Å². The molecule has 3 rings (SSSR count). The highest BCUT2D eigenvalue weighted by molar-refractivity contribution is 7.17. The number of nitrogens with zero attached hydrogens (tertiary/aromatic N) is 2. The van der Waals surface area contributed by atoms with Crippen LogP contribution in [-0.2, 0) is 4.74 Å². The number of thiophene rings is 1. The molecule has 28 heavy (non-hydrogen) atoms. The second kappa shape index (κ2) is 8.27. The summed E-state index contributed by atoms with van der Waals surface area (Å²) in [5.74, 6) is 6.71. The molecule has 1 aliphatic heterocycles. The van der Waals surface area contributed by atoms with Crippen LogP contribution in [0, 0.1) is 29.6 Å². The third-order valence-electron chi connectivity index (χ3n) is 4.40. The molecule has 0 spiro atoms. The number of benzene rings is 1. The maximum absolute atomic E-state index is 8.59. The van der Waals surface area contributed by atoms with Crippen LogP contribution in [0.3, 0.4) is 0 Å². The van der Waals surface area contributed by atoms with Crippen molar-refractivity contribution in [3.8, 4) is 11.8 Å². The Kier molecular flexibility index (Phi) is 5.99. The van der Waals surface area contributed by atoms with E-state index in [0.29, 0.717) is 11.6 Å². The van der Waals surface area contributed by atoms with Gasteiger partial charge in [-0.1, -0.05) is 35.6 Å². The Morgan fingerprint density at radius 2 is 2.04 bits per heavy atom. The smallest absolute Gasteiger partial charge is 0.132 e. The topological polar surface area (TPSA) is 72.5 Å². The summed E-state index contributed by atoms with van der Waals surface area (Å²) in [5.41, 5.74) is 3.62. The quantitative estimate of drug-likeness (QED) is 0.425. The SMILES string of the molecule is COCC#Cc1sc2c(c1C)C(c1ccc(Cl)cc1)=N[C@@H](C)C(=N)N2C(C)=N. The molecule has 0 saturated carbocycles. The third-order valence-corrected chi connectivity index (χ3v) is 5.84. The van der Waals surface area contributed by atoms with Crippen molar-refractivity contribution in [3.05, 3.63) is 50.9 Å². The second-order valence-electron chi connectivity index (χ2n) is 6.44. The number of ether oxygens (including phenoxy) is 1. The fraction of sp³-hybridized carbons (Fsp3) is 0.286. The Morgan fingerprint density at radius 1 is 1.36 bits per heavy atom. The van der Waals surface area contributed by atoms with Crippen molar-refractivity contribution in [2.45, 2.75) is 26.8 Å². The summed E-state index contributed by atoms with van der Waals surface area (Å²) in [6, 6.07) is 7.15. The number of halogens is 1. The molecule has 0 fully saturated rings. The predicted molar refractivity (Wildman–Crippen MR) is 118 cm³/mol. The van der Waals surface area contributed by atoms with E-state index in [9.17, 15) is 0 Å². The summed E-state index contributed by atoms with van der Waals surface area (Å²) in [6.45, 7) is 5.91. The van der Waals surface area contributed by atoms with Crippen molar-refractivity contribution in [1.29, 1.82) is 10.8 Å². The normalized spacial score (nSPS) is 16.0.